The summed E-state index contributed by atoms with van der Waals surface area (Å²) in [4.78, 5) is 14.1. The van der Waals surface area contributed by atoms with Gasteiger partial charge in [0.15, 0.2) is 0 Å². The maximum absolute atomic E-state index is 13.8. The fourth-order valence-corrected chi connectivity index (χ4v) is 2.48. The maximum Gasteiger partial charge on any atom is 0.226 e. The number of nitrogens with zero attached hydrogens (tertiary/aromatic N) is 1. The Morgan fingerprint density at radius 2 is 2.24 bits per heavy atom. The topological polar surface area (TPSA) is 41.6 Å². The first kappa shape index (κ1) is 17.9. The fourth-order valence-electron chi connectivity index (χ4n) is 2.48. The van der Waals surface area contributed by atoms with Crippen LogP contribution in [0.1, 0.15) is 18.6 Å². The minimum absolute atomic E-state index is 0. The van der Waals surface area contributed by atoms with Crippen molar-refractivity contribution < 1.29 is 13.9 Å². The molecule has 0 aliphatic carbocycles. The fraction of sp³-hybridized carbons (Fsp3) is 0.533. The third-order valence-electron chi connectivity index (χ3n) is 3.56. The molecule has 21 heavy (non-hydrogen) atoms. The molecule has 1 aliphatic heterocycles. The quantitative estimate of drug-likeness (QED) is 0.924. The van der Waals surface area contributed by atoms with Gasteiger partial charge >= 0.3 is 0 Å². The van der Waals surface area contributed by atoms with E-state index >= 15 is 0 Å². The number of carbonyl (C=O) groups excluding carboxylic acids is 1. The molecule has 6 heteroatoms. The lowest BCUT2D eigenvalue weighted by Crippen LogP contribution is -2.46. The second-order valence-electron chi connectivity index (χ2n) is 5.12. The average molecular weight is 317 g/mol. The summed E-state index contributed by atoms with van der Waals surface area (Å²) in [6.07, 6.45) is -0.379. The molecule has 0 bridgehead atoms. The van der Waals surface area contributed by atoms with Crippen LogP contribution in [0, 0.1) is 11.7 Å². The number of carbonyl (C=O) groups is 1. The van der Waals surface area contributed by atoms with Gasteiger partial charge in [-0.25, -0.2) is 4.39 Å². The Morgan fingerprint density at radius 3 is 2.90 bits per heavy atom. The average Bonchev–Trinajstić information content (AvgIpc) is 2.47. The third-order valence-corrected chi connectivity index (χ3v) is 3.56. The Balaban J connectivity index is 0.00000220. The molecule has 1 heterocycles. The van der Waals surface area contributed by atoms with E-state index in [0.717, 1.165) is 0 Å². The molecule has 1 aromatic carbocycles. The standard InChI is InChI=1S/C15H21FN2O2.ClH/c1-11(9-17-2)15(19)18-7-8-20-14(10-18)12-5-3-4-6-13(12)16;/h3-6,11,14,17H,7-10H2,1-2H3;1H. The van der Waals surface area contributed by atoms with E-state index in [2.05, 4.69) is 5.32 Å². The van der Waals surface area contributed by atoms with Crippen LogP contribution in [0.3, 0.4) is 0 Å². The van der Waals surface area contributed by atoms with Gasteiger partial charge in [-0.2, -0.15) is 0 Å². The molecular formula is C15H22ClFN2O2. The second-order valence-corrected chi connectivity index (χ2v) is 5.12. The second kappa shape index (κ2) is 8.32. The van der Waals surface area contributed by atoms with Gasteiger partial charge in [0.1, 0.15) is 11.9 Å². The summed E-state index contributed by atoms with van der Waals surface area (Å²) in [5, 5.41) is 3.00. The predicted octanol–water partition coefficient (Wildman–Crippen LogP) is 2.00. The van der Waals surface area contributed by atoms with E-state index in [9.17, 15) is 9.18 Å². The molecule has 1 aromatic rings. The van der Waals surface area contributed by atoms with E-state index in [1.54, 1.807) is 23.1 Å². The molecule has 4 nitrogen and oxygen atoms in total. The summed E-state index contributed by atoms with van der Waals surface area (Å²) in [7, 11) is 1.82. The number of amides is 1. The minimum Gasteiger partial charge on any atom is -0.370 e. The summed E-state index contributed by atoms with van der Waals surface area (Å²) < 4.78 is 19.4. The van der Waals surface area contributed by atoms with Gasteiger partial charge in [0.05, 0.1) is 13.2 Å². The minimum atomic E-state index is -0.379. The molecule has 1 fully saturated rings. The van der Waals surface area contributed by atoms with E-state index in [1.807, 2.05) is 14.0 Å². The van der Waals surface area contributed by atoms with E-state index < -0.39 is 0 Å². The Kier molecular flexibility index (Phi) is 7.08. The van der Waals surface area contributed by atoms with Crippen LogP contribution in [-0.2, 0) is 9.53 Å². The van der Waals surface area contributed by atoms with Crippen molar-refractivity contribution in [1.29, 1.82) is 0 Å². The number of morpholine rings is 1. The Hall–Kier alpha value is -1.17. The van der Waals surface area contributed by atoms with Crippen molar-refractivity contribution in [2.24, 2.45) is 5.92 Å². The van der Waals surface area contributed by atoms with Crippen LogP contribution < -0.4 is 5.32 Å². The zero-order valence-corrected chi connectivity index (χ0v) is 13.2. The zero-order chi connectivity index (χ0) is 14.5. The molecule has 1 aliphatic rings. The lowest BCUT2D eigenvalue weighted by Gasteiger charge is -2.34. The number of hydrogen-bond donors (Lipinski definition) is 1. The van der Waals surface area contributed by atoms with Crippen molar-refractivity contribution in [2.75, 3.05) is 33.3 Å². The normalized spacial score (nSPS) is 19.8. The van der Waals surface area contributed by atoms with Crippen LogP contribution >= 0.6 is 12.4 Å². The number of halogens is 2. The Morgan fingerprint density at radius 1 is 1.52 bits per heavy atom. The number of hydrogen-bond acceptors (Lipinski definition) is 3. The molecule has 2 atom stereocenters. The van der Waals surface area contributed by atoms with Crippen LogP contribution in [0.4, 0.5) is 4.39 Å². The SMILES string of the molecule is CNCC(C)C(=O)N1CCOC(c2ccccc2F)C1.Cl. The van der Waals surface area contributed by atoms with Gasteiger partial charge < -0.3 is 15.0 Å². The van der Waals surface area contributed by atoms with Crippen molar-refractivity contribution in [1.82, 2.24) is 10.2 Å². The van der Waals surface area contributed by atoms with E-state index in [0.29, 0.717) is 31.8 Å². The number of benzene rings is 1. The van der Waals surface area contributed by atoms with Crippen molar-refractivity contribution in [2.45, 2.75) is 13.0 Å². The van der Waals surface area contributed by atoms with Crippen molar-refractivity contribution in [3.8, 4) is 0 Å². The van der Waals surface area contributed by atoms with Gasteiger partial charge in [-0.3, -0.25) is 4.79 Å². The van der Waals surface area contributed by atoms with Gasteiger partial charge in [-0.05, 0) is 13.1 Å². The molecule has 1 N–H and O–H groups in total. The summed E-state index contributed by atoms with van der Waals surface area (Å²) >= 11 is 0. The van der Waals surface area contributed by atoms with Crippen LogP contribution in [0.15, 0.2) is 24.3 Å². The largest absolute Gasteiger partial charge is 0.370 e. The molecule has 0 radical (unpaired) electrons. The van der Waals surface area contributed by atoms with Gasteiger partial charge in [0.25, 0.3) is 0 Å². The number of rotatable bonds is 4. The van der Waals surface area contributed by atoms with E-state index in [4.69, 9.17) is 4.74 Å². The van der Waals surface area contributed by atoms with Gasteiger partial charge in [0.2, 0.25) is 5.91 Å². The Labute approximate surface area is 131 Å². The highest BCUT2D eigenvalue weighted by Gasteiger charge is 2.28. The molecule has 0 saturated carbocycles. The monoisotopic (exact) mass is 316 g/mol. The smallest absolute Gasteiger partial charge is 0.226 e. The van der Waals surface area contributed by atoms with Gasteiger partial charge in [-0.15, -0.1) is 12.4 Å². The summed E-state index contributed by atoms with van der Waals surface area (Å²) in [5.74, 6) is -0.279. The van der Waals surface area contributed by atoms with Crippen LogP contribution in [0.2, 0.25) is 0 Å². The molecule has 118 valence electrons. The van der Waals surface area contributed by atoms with Crippen LogP contribution in [0.25, 0.3) is 0 Å². The molecule has 2 unspecified atom stereocenters. The Bertz CT molecular complexity index is 473. The highest BCUT2D eigenvalue weighted by atomic mass is 35.5. The number of ether oxygens (including phenoxy) is 1. The summed E-state index contributed by atoms with van der Waals surface area (Å²) in [6.45, 7) is 3.95. The maximum atomic E-state index is 13.8. The van der Waals surface area contributed by atoms with Crippen molar-refractivity contribution >= 4 is 18.3 Å². The predicted molar refractivity (Wildman–Crippen MR) is 82.0 cm³/mol. The van der Waals surface area contributed by atoms with Crippen molar-refractivity contribution in [3.63, 3.8) is 0 Å². The van der Waals surface area contributed by atoms with Crippen LogP contribution in [-0.4, -0.2) is 44.1 Å². The zero-order valence-electron chi connectivity index (χ0n) is 12.3. The van der Waals surface area contributed by atoms with Gasteiger partial charge in [0, 0.05) is 24.6 Å². The molecule has 0 spiro atoms. The highest BCUT2D eigenvalue weighted by Crippen LogP contribution is 2.25. The molecule has 1 amide bonds. The van der Waals surface area contributed by atoms with Crippen LogP contribution in [0.5, 0.6) is 0 Å². The lowest BCUT2D eigenvalue weighted by molar-refractivity contribution is -0.142. The van der Waals surface area contributed by atoms with Crippen molar-refractivity contribution in [3.05, 3.63) is 35.6 Å². The first-order valence-corrected chi connectivity index (χ1v) is 6.93. The summed E-state index contributed by atoms with van der Waals surface area (Å²) in [5.41, 5.74) is 0.520. The van der Waals surface area contributed by atoms with Gasteiger partial charge in [-0.1, -0.05) is 25.1 Å². The summed E-state index contributed by atoms with van der Waals surface area (Å²) in [6, 6.07) is 6.57. The molecular weight excluding hydrogens is 295 g/mol. The lowest BCUT2D eigenvalue weighted by atomic mass is 10.1. The molecule has 1 saturated heterocycles. The number of nitrogens with one attached hydrogen (secondary N) is 1. The first-order chi connectivity index (χ1) is 9.63. The molecule has 0 aromatic heterocycles. The van der Waals surface area contributed by atoms with E-state index in [1.165, 1.54) is 6.07 Å². The third kappa shape index (κ3) is 4.40. The molecule has 2 rings (SSSR count). The highest BCUT2D eigenvalue weighted by molar-refractivity contribution is 5.85. The first-order valence-electron chi connectivity index (χ1n) is 6.93. The van der Waals surface area contributed by atoms with E-state index in [-0.39, 0.29) is 36.2 Å².